The van der Waals surface area contributed by atoms with Crippen LogP contribution < -0.4 is 10.1 Å². The van der Waals surface area contributed by atoms with E-state index in [2.05, 4.69) is 16.3 Å². The van der Waals surface area contributed by atoms with E-state index >= 15 is 0 Å². The molecule has 0 aliphatic carbocycles. The van der Waals surface area contributed by atoms with Gasteiger partial charge in [-0.3, -0.25) is 9.69 Å². The fraction of sp³-hybridized carbons (Fsp3) is 0.429. The second-order valence-electron chi connectivity index (χ2n) is 4.45. The quantitative estimate of drug-likeness (QED) is 0.839. The molecule has 1 aromatic rings. The molecule has 1 amide bonds. The number of nitriles is 1. The molecule has 0 unspecified atom stereocenters. The van der Waals surface area contributed by atoms with Crippen molar-refractivity contribution in [1.82, 2.24) is 10.2 Å². The molecule has 2 rings (SSSR count). The topological polar surface area (TPSA) is 65.4 Å². The predicted molar refractivity (Wildman–Crippen MR) is 70.7 cm³/mol. The third-order valence-electron chi connectivity index (χ3n) is 3.00. The smallest absolute Gasteiger partial charge is 0.234 e. The van der Waals surface area contributed by atoms with Crippen molar-refractivity contribution in [3.63, 3.8) is 0 Å². The van der Waals surface area contributed by atoms with Gasteiger partial charge < -0.3 is 10.1 Å². The maximum absolute atomic E-state index is 11.2. The highest BCUT2D eigenvalue weighted by Crippen LogP contribution is 2.12. The van der Waals surface area contributed by atoms with Gasteiger partial charge in [0, 0.05) is 19.6 Å². The van der Waals surface area contributed by atoms with Crippen molar-refractivity contribution < 1.29 is 9.53 Å². The second kappa shape index (κ2) is 6.76. The fourth-order valence-electron chi connectivity index (χ4n) is 1.97. The summed E-state index contributed by atoms with van der Waals surface area (Å²) in [7, 11) is 0. The van der Waals surface area contributed by atoms with Crippen LogP contribution in [-0.2, 0) is 11.2 Å². The van der Waals surface area contributed by atoms with Gasteiger partial charge in [0.2, 0.25) is 5.91 Å². The van der Waals surface area contributed by atoms with Gasteiger partial charge in [0.05, 0.1) is 19.0 Å². The first-order chi connectivity index (χ1) is 9.28. The maximum atomic E-state index is 11.2. The number of rotatable bonds is 5. The lowest BCUT2D eigenvalue weighted by atomic mass is 10.2. The van der Waals surface area contributed by atoms with Crippen LogP contribution in [0.2, 0.25) is 0 Å². The molecule has 1 aliphatic rings. The molecule has 100 valence electrons. The lowest BCUT2D eigenvalue weighted by molar-refractivity contribution is -0.124. The first-order valence-electron chi connectivity index (χ1n) is 6.35. The summed E-state index contributed by atoms with van der Waals surface area (Å²) in [6.45, 7) is 3.33. The van der Waals surface area contributed by atoms with Crippen molar-refractivity contribution >= 4 is 5.91 Å². The summed E-state index contributed by atoms with van der Waals surface area (Å²) < 4.78 is 5.62. The van der Waals surface area contributed by atoms with Crippen LogP contribution in [0.4, 0.5) is 0 Å². The van der Waals surface area contributed by atoms with E-state index in [1.807, 2.05) is 24.3 Å². The zero-order valence-electron chi connectivity index (χ0n) is 10.8. The van der Waals surface area contributed by atoms with Gasteiger partial charge >= 0.3 is 0 Å². The van der Waals surface area contributed by atoms with E-state index in [-0.39, 0.29) is 5.91 Å². The number of hydrogen-bond donors (Lipinski definition) is 1. The third kappa shape index (κ3) is 4.27. The van der Waals surface area contributed by atoms with E-state index in [0.29, 0.717) is 26.1 Å². The van der Waals surface area contributed by atoms with Crippen molar-refractivity contribution in [2.45, 2.75) is 6.42 Å². The Hall–Kier alpha value is -2.06. The van der Waals surface area contributed by atoms with E-state index in [9.17, 15) is 4.79 Å². The highest BCUT2D eigenvalue weighted by molar-refractivity contribution is 5.78. The zero-order chi connectivity index (χ0) is 13.5. The molecule has 1 saturated heterocycles. The van der Waals surface area contributed by atoms with Gasteiger partial charge in [-0.2, -0.15) is 5.26 Å². The molecule has 0 saturated carbocycles. The molecule has 1 aliphatic heterocycles. The molecule has 0 atom stereocenters. The van der Waals surface area contributed by atoms with Gasteiger partial charge in [0.15, 0.2) is 0 Å². The molecule has 0 radical (unpaired) electrons. The minimum atomic E-state index is 0.0760. The largest absolute Gasteiger partial charge is 0.492 e. The number of nitrogens with zero attached hydrogens (tertiary/aromatic N) is 2. The van der Waals surface area contributed by atoms with Gasteiger partial charge in [-0.05, 0) is 17.7 Å². The number of benzene rings is 1. The Bertz CT molecular complexity index is 465. The van der Waals surface area contributed by atoms with Crippen molar-refractivity contribution in [3.8, 4) is 11.8 Å². The number of piperazine rings is 1. The number of hydrogen-bond acceptors (Lipinski definition) is 4. The molecule has 0 bridgehead atoms. The van der Waals surface area contributed by atoms with Crippen LogP contribution in [0.25, 0.3) is 0 Å². The summed E-state index contributed by atoms with van der Waals surface area (Å²) in [5, 5.41) is 11.4. The van der Waals surface area contributed by atoms with Crippen LogP contribution in [0.1, 0.15) is 5.56 Å². The summed E-state index contributed by atoms with van der Waals surface area (Å²) in [4.78, 5) is 13.3. The molecule has 1 fully saturated rings. The molecule has 5 heteroatoms. The molecular formula is C14H17N3O2. The predicted octanol–water partition coefficient (Wildman–Crippen LogP) is 0.563. The van der Waals surface area contributed by atoms with E-state index in [4.69, 9.17) is 10.00 Å². The molecule has 0 spiro atoms. The maximum Gasteiger partial charge on any atom is 0.234 e. The van der Waals surface area contributed by atoms with Crippen LogP contribution in [0.15, 0.2) is 24.3 Å². The summed E-state index contributed by atoms with van der Waals surface area (Å²) >= 11 is 0. The summed E-state index contributed by atoms with van der Waals surface area (Å²) in [6.07, 6.45) is 0.420. The third-order valence-corrected chi connectivity index (χ3v) is 3.00. The minimum absolute atomic E-state index is 0.0760. The second-order valence-corrected chi connectivity index (χ2v) is 4.45. The monoisotopic (exact) mass is 259 g/mol. The Labute approximate surface area is 112 Å². The molecule has 1 heterocycles. The fourth-order valence-corrected chi connectivity index (χ4v) is 1.97. The Morgan fingerprint density at radius 2 is 2.16 bits per heavy atom. The molecule has 1 N–H and O–H groups in total. The van der Waals surface area contributed by atoms with E-state index in [1.54, 1.807) is 0 Å². The minimum Gasteiger partial charge on any atom is -0.492 e. The summed E-state index contributed by atoms with van der Waals surface area (Å²) in [5.41, 5.74) is 0.988. The molecule has 0 aromatic heterocycles. The number of amides is 1. The van der Waals surface area contributed by atoms with Crippen LogP contribution in [0.3, 0.4) is 0 Å². The standard InChI is InChI=1S/C14H17N3O2/c15-6-5-12-1-3-13(4-2-12)19-10-9-17-8-7-16-14(18)11-17/h1-4H,5,7-11H2,(H,16,18). The van der Waals surface area contributed by atoms with E-state index in [0.717, 1.165) is 24.4 Å². The van der Waals surface area contributed by atoms with E-state index in [1.165, 1.54) is 0 Å². The molecular weight excluding hydrogens is 242 g/mol. The van der Waals surface area contributed by atoms with Crippen LogP contribution in [0, 0.1) is 11.3 Å². The lowest BCUT2D eigenvalue weighted by Gasteiger charge is -2.26. The normalized spacial score (nSPS) is 15.6. The Morgan fingerprint density at radius 3 is 2.84 bits per heavy atom. The first-order valence-corrected chi connectivity index (χ1v) is 6.35. The van der Waals surface area contributed by atoms with Crippen LogP contribution in [0.5, 0.6) is 5.75 Å². The Morgan fingerprint density at radius 1 is 1.37 bits per heavy atom. The molecule has 1 aromatic carbocycles. The van der Waals surface area contributed by atoms with E-state index < -0.39 is 0 Å². The summed E-state index contributed by atoms with van der Waals surface area (Å²) in [5.74, 6) is 0.871. The SMILES string of the molecule is N#CCc1ccc(OCCN2CCNC(=O)C2)cc1. The van der Waals surface area contributed by atoms with Gasteiger partial charge in [-0.1, -0.05) is 12.1 Å². The average Bonchev–Trinajstić information content (AvgIpc) is 2.41. The van der Waals surface area contributed by atoms with Crippen LogP contribution in [-0.4, -0.2) is 43.6 Å². The summed E-state index contributed by atoms with van der Waals surface area (Å²) in [6, 6.07) is 9.64. The average molecular weight is 259 g/mol. The van der Waals surface area contributed by atoms with Gasteiger partial charge in [-0.25, -0.2) is 0 Å². The highest BCUT2D eigenvalue weighted by Gasteiger charge is 2.15. The van der Waals surface area contributed by atoms with Gasteiger partial charge in [0.25, 0.3) is 0 Å². The Balaban J connectivity index is 1.73. The zero-order valence-corrected chi connectivity index (χ0v) is 10.8. The van der Waals surface area contributed by atoms with Crippen molar-refractivity contribution in [2.24, 2.45) is 0 Å². The van der Waals surface area contributed by atoms with Crippen molar-refractivity contribution in [2.75, 3.05) is 32.8 Å². The number of carbonyl (C=O) groups is 1. The van der Waals surface area contributed by atoms with Crippen molar-refractivity contribution in [1.29, 1.82) is 5.26 Å². The van der Waals surface area contributed by atoms with Gasteiger partial charge in [-0.15, -0.1) is 0 Å². The number of nitrogens with one attached hydrogen (secondary N) is 1. The molecule has 5 nitrogen and oxygen atoms in total. The number of ether oxygens (including phenoxy) is 1. The van der Waals surface area contributed by atoms with Crippen molar-refractivity contribution in [3.05, 3.63) is 29.8 Å². The Kier molecular flexibility index (Phi) is 4.76. The first kappa shape index (κ1) is 13.4. The van der Waals surface area contributed by atoms with Gasteiger partial charge in [0.1, 0.15) is 12.4 Å². The number of carbonyl (C=O) groups excluding carboxylic acids is 1. The highest BCUT2D eigenvalue weighted by atomic mass is 16.5. The van der Waals surface area contributed by atoms with Crippen LogP contribution >= 0.6 is 0 Å². The molecule has 19 heavy (non-hydrogen) atoms. The lowest BCUT2D eigenvalue weighted by Crippen LogP contribution is -2.48.